The zero-order valence-electron chi connectivity index (χ0n) is 15.1. The van der Waals surface area contributed by atoms with Crippen LogP contribution in [-0.4, -0.2) is 19.1 Å². The number of carbonyl (C=O) groups excluding carboxylic acids is 1. The van der Waals surface area contributed by atoms with Crippen molar-refractivity contribution in [3.05, 3.63) is 59.7 Å². The van der Waals surface area contributed by atoms with E-state index >= 15 is 0 Å². The number of carbonyl (C=O) groups is 1. The molecule has 0 unspecified atom stereocenters. The molecule has 4 heteroatoms. The van der Waals surface area contributed by atoms with E-state index in [1.165, 1.54) is 24.1 Å². The van der Waals surface area contributed by atoms with Gasteiger partial charge in [-0.2, -0.15) is 0 Å². The highest BCUT2D eigenvalue weighted by molar-refractivity contribution is 5.89. The average molecular weight is 337 g/mol. The first-order chi connectivity index (χ1) is 12.1. The molecule has 1 heterocycles. The molecular weight excluding hydrogens is 310 g/mol. The van der Waals surface area contributed by atoms with E-state index in [9.17, 15) is 4.79 Å². The van der Waals surface area contributed by atoms with Crippen LogP contribution < -0.4 is 15.5 Å². The SMILES string of the molecule is Cc1ccccc1CNC(=O)Nc1ccc(N2CCC(C)CC2)cc1. The number of hydrogen-bond donors (Lipinski definition) is 2. The van der Waals surface area contributed by atoms with Crippen LogP contribution in [0.1, 0.15) is 30.9 Å². The molecule has 1 aliphatic heterocycles. The minimum atomic E-state index is -0.178. The van der Waals surface area contributed by atoms with Crippen LogP contribution in [0.2, 0.25) is 0 Å². The highest BCUT2D eigenvalue weighted by Crippen LogP contribution is 2.24. The van der Waals surface area contributed by atoms with Gasteiger partial charge in [-0.15, -0.1) is 0 Å². The maximum absolute atomic E-state index is 12.1. The molecule has 3 rings (SSSR count). The summed E-state index contributed by atoms with van der Waals surface area (Å²) in [6.45, 7) is 7.13. The van der Waals surface area contributed by atoms with E-state index in [1.54, 1.807) is 0 Å². The number of urea groups is 1. The van der Waals surface area contributed by atoms with Crippen molar-refractivity contribution in [2.75, 3.05) is 23.3 Å². The molecule has 0 radical (unpaired) electrons. The molecule has 0 spiro atoms. The lowest BCUT2D eigenvalue weighted by Crippen LogP contribution is -2.32. The van der Waals surface area contributed by atoms with Gasteiger partial charge in [-0.05, 0) is 61.1 Å². The van der Waals surface area contributed by atoms with Crippen molar-refractivity contribution in [3.8, 4) is 0 Å². The number of piperidine rings is 1. The first-order valence-electron chi connectivity index (χ1n) is 9.06. The molecule has 1 fully saturated rings. The minimum absolute atomic E-state index is 0.178. The summed E-state index contributed by atoms with van der Waals surface area (Å²) in [5.41, 5.74) is 4.37. The molecule has 4 nitrogen and oxygen atoms in total. The maximum atomic E-state index is 12.1. The standard InChI is InChI=1S/C21H27N3O/c1-16-11-13-24(14-12-16)20-9-7-19(8-10-20)23-21(25)22-15-18-6-4-3-5-17(18)2/h3-10,16H,11-15H2,1-2H3,(H2,22,23,25). The van der Waals surface area contributed by atoms with Crippen molar-refractivity contribution in [2.45, 2.75) is 33.2 Å². The summed E-state index contributed by atoms with van der Waals surface area (Å²) in [7, 11) is 0. The predicted molar refractivity (Wildman–Crippen MR) is 104 cm³/mol. The summed E-state index contributed by atoms with van der Waals surface area (Å²) in [4.78, 5) is 14.5. The largest absolute Gasteiger partial charge is 0.372 e. The van der Waals surface area contributed by atoms with E-state index < -0.39 is 0 Å². The molecule has 1 saturated heterocycles. The Morgan fingerprint density at radius 2 is 1.76 bits per heavy atom. The van der Waals surface area contributed by atoms with Crippen LogP contribution in [0.5, 0.6) is 0 Å². The third kappa shape index (κ3) is 4.75. The zero-order chi connectivity index (χ0) is 17.6. The lowest BCUT2D eigenvalue weighted by Gasteiger charge is -2.32. The number of nitrogens with one attached hydrogen (secondary N) is 2. The van der Waals surface area contributed by atoms with Gasteiger partial charge in [-0.25, -0.2) is 4.79 Å². The second-order valence-corrected chi connectivity index (χ2v) is 6.95. The number of benzene rings is 2. The van der Waals surface area contributed by atoms with Gasteiger partial charge in [0, 0.05) is 31.0 Å². The minimum Gasteiger partial charge on any atom is -0.372 e. The van der Waals surface area contributed by atoms with Gasteiger partial charge in [0.2, 0.25) is 0 Å². The molecule has 0 aliphatic carbocycles. The van der Waals surface area contributed by atoms with E-state index in [1.807, 2.05) is 30.3 Å². The molecule has 0 bridgehead atoms. The quantitative estimate of drug-likeness (QED) is 0.859. The van der Waals surface area contributed by atoms with Gasteiger partial charge in [0.05, 0.1) is 0 Å². The third-order valence-corrected chi connectivity index (χ3v) is 4.97. The van der Waals surface area contributed by atoms with Crippen molar-refractivity contribution >= 4 is 17.4 Å². The number of hydrogen-bond acceptors (Lipinski definition) is 2. The van der Waals surface area contributed by atoms with Crippen molar-refractivity contribution in [3.63, 3.8) is 0 Å². The van der Waals surface area contributed by atoms with E-state index in [-0.39, 0.29) is 6.03 Å². The summed E-state index contributed by atoms with van der Waals surface area (Å²) < 4.78 is 0. The highest BCUT2D eigenvalue weighted by Gasteiger charge is 2.15. The van der Waals surface area contributed by atoms with Gasteiger partial charge in [0.1, 0.15) is 0 Å². The van der Waals surface area contributed by atoms with Gasteiger partial charge in [0.15, 0.2) is 0 Å². The Hall–Kier alpha value is -2.49. The zero-order valence-corrected chi connectivity index (χ0v) is 15.1. The number of anilines is 2. The summed E-state index contributed by atoms with van der Waals surface area (Å²) >= 11 is 0. The summed E-state index contributed by atoms with van der Waals surface area (Å²) in [6, 6.07) is 16.0. The fourth-order valence-electron chi connectivity index (χ4n) is 3.18. The Labute approximate surface area is 150 Å². The van der Waals surface area contributed by atoms with Crippen molar-refractivity contribution in [2.24, 2.45) is 5.92 Å². The van der Waals surface area contributed by atoms with E-state index in [0.717, 1.165) is 30.3 Å². The summed E-state index contributed by atoms with van der Waals surface area (Å²) in [5, 5.41) is 5.81. The number of aryl methyl sites for hydroxylation is 1. The second-order valence-electron chi connectivity index (χ2n) is 6.95. The monoisotopic (exact) mass is 337 g/mol. The molecule has 2 aromatic carbocycles. The predicted octanol–water partition coefficient (Wildman–Crippen LogP) is 4.55. The Kier molecular flexibility index (Phi) is 5.59. The van der Waals surface area contributed by atoms with Crippen molar-refractivity contribution < 1.29 is 4.79 Å². The Morgan fingerprint density at radius 3 is 2.44 bits per heavy atom. The fourth-order valence-corrected chi connectivity index (χ4v) is 3.18. The first-order valence-corrected chi connectivity index (χ1v) is 9.06. The Bertz CT molecular complexity index is 703. The highest BCUT2D eigenvalue weighted by atomic mass is 16.2. The molecule has 2 aromatic rings. The van der Waals surface area contributed by atoms with Crippen LogP contribution >= 0.6 is 0 Å². The molecule has 0 aromatic heterocycles. The number of amides is 2. The Balaban J connectivity index is 1.51. The first kappa shape index (κ1) is 17.3. The van der Waals surface area contributed by atoms with Crippen LogP contribution in [0.4, 0.5) is 16.2 Å². The van der Waals surface area contributed by atoms with Crippen LogP contribution in [0.25, 0.3) is 0 Å². The number of rotatable bonds is 4. The molecule has 2 N–H and O–H groups in total. The normalized spacial score (nSPS) is 15.0. The molecule has 2 amide bonds. The van der Waals surface area contributed by atoms with Gasteiger partial charge < -0.3 is 15.5 Å². The van der Waals surface area contributed by atoms with Gasteiger partial charge >= 0.3 is 6.03 Å². The fraction of sp³-hybridized carbons (Fsp3) is 0.381. The van der Waals surface area contributed by atoms with Crippen molar-refractivity contribution in [1.82, 2.24) is 5.32 Å². The van der Waals surface area contributed by atoms with Gasteiger partial charge in [0.25, 0.3) is 0 Å². The van der Waals surface area contributed by atoms with Gasteiger partial charge in [-0.1, -0.05) is 31.2 Å². The molecular formula is C21H27N3O. The molecule has 25 heavy (non-hydrogen) atoms. The summed E-state index contributed by atoms with van der Waals surface area (Å²) in [5.74, 6) is 0.828. The van der Waals surface area contributed by atoms with E-state index in [4.69, 9.17) is 0 Å². The Morgan fingerprint density at radius 1 is 1.08 bits per heavy atom. The molecule has 1 aliphatic rings. The van der Waals surface area contributed by atoms with Crippen LogP contribution in [0, 0.1) is 12.8 Å². The molecule has 0 atom stereocenters. The number of nitrogens with zero attached hydrogens (tertiary/aromatic N) is 1. The maximum Gasteiger partial charge on any atom is 0.319 e. The summed E-state index contributed by atoms with van der Waals surface area (Å²) in [6.07, 6.45) is 2.50. The molecule has 132 valence electrons. The van der Waals surface area contributed by atoms with Crippen molar-refractivity contribution in [1.29, 1.82) is 0 Å². The van der Waals surface area contributed by atoms with Crippen LogP contribution in [0.15, 0.2) is 48.5 Å². The van der Waals surface area contributed by atoms with Crippen LogP contribution in [0.3, 0.4) is 0 Å². The smallest absolute Gasteiger partial charge is 0.319 e. The topological polar surface area (TPSA) is 44.4 Å². The van der Waals surface area contributed by atoms with Gasteiger partial charge in [-0.3, -0.25) is 0 Å². The van der Waals surface area contributed by atoms with E-state index in [0.29, 0.717) is 6.54 Å². The second kappa shape index (κ2) is 8.06. The molecule has 0 saturated carbocycles. The van der Waals surface area contributed by atoms with E-state index in [2.05, 4.69) is 47.6 Å². The lowest BCUT2D eigenvalue weighted by atomic mass is 9.99. The lowest BCUT2D eigenvalue weighted by molar-refractivity contribution is 0.251. The third-order valence-electron chi connectivity index (χ3n) is 4.97. The van der Waals surface area contributed by atoms with Crippen LogP contribution in [-0.2, 0) is 6.54 Å². The average Bonchev–Trinajstić information content (AvgIpc) is 2.62.